The number of rotatable bonds is 7. The lowest BCUT2D eigenvalue weighted by atomic mass is 10.2. The van der Waals surface area contributed by atoms with Gasteiger partial charge in [-0.1, -0.05) is 30.3 Å². The summed E-state index contributed by atoms with van der Waals surface area (Å²) in [5.41, 5.74) is 2.10. The zero-order valence-electron chi connectivity index (χ0n) is 13.8. The van der Waals surface area contributed by atoms with Gasteiger partial charge in [-0.05, 0) is 24.1 Å². The monoisotopic (exact) mass is 324 g/mol. The summed E-state index contributed by atoms with van der Waals surface area (Å²) in [5, 5.41) is 6.35. The zero-order valence-corrected chi connectivity index (χ0v) is 13.8. The molecule has 1 saturated heterocycles. The van der Waals surface area contributed by atoms with E-state index in [1.807, 2.05) is 18.2 Å². The molecule has 0 spiro atoms. The molecule has 1 amide bonds. The topological polar surface area (TPSA) is 57.3 Å². The minimum Gasteiger partial charge on any atom is -0.325 e. The number of likely N-dealkylation sites (tertiary alicyclic amines) is 1. The van der Waals surface area contributed by atoms with Crippen LogP contribution in [0.5, 0.6) is 0 Å². The van der Waals surface area contributed by atoms with Crippen molar-refractivity contribution in [3.8, 4) is 0 Å². The van der Waals surface area contributed by atoms with E-state index in [1.54, 1.807) is 12.4 Å². The lowest BCUT2D eigenvalue weighted by Gasteiger charge is -2.16. The Kier molecular flexibility index (Phi) is 5.93. The van der Waals surface area contributed by atoms with E-state index in [2.05, 4.69) is 44.8 Å². The van der Waals surface area contributed by atoms with Gasteiger partial charge in [-0.15, -0.1) is 0 Å². The number of benzene rings is 1. The molecule has 0 saturated carbocycles. The molecule has 126 valence electrons. The molecule has 0 radical (unpaired) electrons. The van der Waals surface area contributed by atoms with Crippen LogP contribution < -0.4 is 10.6 Å². The summed E-state index contributed by atoms with van der Waals surface area (Å²) in [6.07, 6.45) is 4.96. The average Bonchev–Trinajstić information content (AvgIpc) is 3.04. The largest absolute Gasteiger partial charge is 0.325 e. The number of hydrogen-bond acceptors (Lipinski definition) is 4. The maximum atomic E-state index is 11.9. The highest BCUT2D eigenvalue weighted by molar-refractivity contribution is 5.90. The van der Waals surface area contributed by atoms with Gasteiger partial charge in [0, 0.05) is 44.8 Å². The lowest BCUT2D eigenvalue weighted by molar-refractivity contribution is -0.116. The van der Waals surface area contributed by atoms with E-state index in [0.29, 0.717) is 19.0 Å². The van der Waals surface area contributed by atoms with Crippen LogP contribution in [-0.4, -0.2) is 41.5 Å². The van der Waals surface area contributed by atoms with E-state index in [0.717, 1.165) is 31.7 Å². The van der Waals surface area contributed by atoms with Crippen molar-refractivity contribution in [1.82, 2.24) is 15.2 Å². The Morgan fingerprint density at radius 2 is 2.08 bits per heavy atom. The smallest absolute Gasteiger partial charge is 0.225 e. The van der Waals surface area contributed by atoms with Gasteiger partial charge >= 0.3 is 0 Å². The van der Waals surface area contributed by atoms with Crippen LogP contribution in [0.15, 0.2) is 54.9 Å². The van der Waals surface area contributed by atoms with E-state index in [1.165, 1.54) is 5.56 Å². The number of pyridine rings is 1. The molecule has 0 aliphatic carbocycles. The summed E-state index contributed by atoms with van der Waals surface area (Å²) in [6.45, 7) is 3.85. The molecule has 2 heterocycles. The van der Waals surface area contributed by atoms with Gasteiger partial charge in [0.15, 0.2) is 0 Å². The number of carbonyl (C=O) groups is 1. The van der Waals surface area contributed by atoms with Crippen LogP contribution in [0.1, 0.15) is 18.4 Å². The number of carbonyl (C=O) groups excluding carboxylic acids is 1. The van der Waals surface area contributed by atoms with Crippen molar-refractivity contribution < 1.29 is 4.79 Å². The van der Waals surface area contributed by atoms with Gasteiger partial charge in [0.25, 0.3) is 0 Å². The molecule has 1 aromatic heterocycles. The van der Waals surface area contributed by atoms with Crippen molar-refractivity contribution in [3.63, 3.8) is 0 Å². The number of nitrogens with zero attached hydrogens (tertiary/aromatic N) is 2. The van der Waals surface area contributed by atoms with Crippen LogP contribution in [0.2, 0.25) is 0 Å². The summed E-state index contributed by atoms with van der Waals surface area (Å²) < 4.78 is 0. The molecule has 1 aliphatic heterocycles. The quantitative estimate of drug-likeness (QED) is 0.820. The van der Waals surface area contributed by atoms with Gasteiger partial charge in [-0.25, -0.2) is 0 Å². The maximum Gasteiger partial charge on any atom is 0.225 e. The third-order valence-electron chi connectivity index (χ3n) is 4.25. The molecule has 3 rings (SSSR count). The Balaban J connectivity index is 1.33. The van der Waals surface area contributed by atoms with Crippen LogP contribution in [0, 0.1) is 0 Å². The van der Waals surface area contributed by atoms with Crippen molar-refractivity contribution in [3.05, 3.63) is 60.4 Å². The maximum absolute atomic E-state index is 11.9. The first-order valence-corrected chi connectivity index (χ1v) is 8.49. The minimum absolute atomic E-state index is 0.0228. The summed E-state index contributed by atoms with van der Waals surface area (Å²) in [6, 6.07) is 14.7. The molecule has 0 bridgehead atoms. The summed E-state index contributed by atoms with van der Waals surface area (Å²) in [4.78, 5) is 18.4. The van der Waals surface area contributed by atoms with Crippen molar-refractivity contribution in [1.29, 1.82) is 0 Å². The molecule has 1 unspecified atom stereocenters. The Bertz CT molecular complexity index is 632. The fourth-order valence-electron chi connectivity index (χ4n) is 3.03. The van der Waals surface area contributed by atoms with Crippen LogP contribution in [-0.2, 0) is 11.3 Å². The number of hydrogen-bond donors (Lipinski definition) is 2. The fourth-order valence-corrected chi connectivity index (χ4v) is 3.03. The molecule has 2 aromatic rings. The van der Waals surface area contributed by atoms with Crippen molar-refractivity contribution >= 4 is 11.6 Å². The summed E-state index contributed by atoms with van der Waals surface area (Å²) in [5.74, 6) is 0.0228. The highest BCUT2D eigenvalue weighted by atomic mass is 16.1. The highest BCUT2D eigenvalue weighted by Gasteiger charge is 2.21. The lowest BCUT2D eigenvalue weighted by Crippen LogP contribution is -2.34. The second kappa shape index (κ2) is 8.57. The van der Waals surface area contributed by atoms with Crippen LogP contribution in [0.4, 0.5) is 5.69 Å². The van der Waals surface area contributed by atoms with Crippen molar-refractivity contribution in [2.75, 3.05) is 25.0 Å². The van der Waals surface area contributed by atoms with Crippen molar-refractivity contribution in [2.24, 2.45) is 0 Å². The predicted molar refractivity (Wildman–Crippen MR) is 95.6 cm³/mol. The molecule has 1 fully saturated rings. The summed E-state index contributed by atoms with van der Waals surface area (Å²) in [7, 11) is 0. The number of anilines is 1. The van der Waals surface area contributed by atoms with E-state index < -0.39 is 0 Å². The Labute approximate surface area is 143 Å². The van der Waals surface area contributed by atoms with Crippen LogP contribution >= 0.6 is 0 Å². The third kappa shape index (κ3) is 5.15. The molecule has 1 atom stereocenters. The molecular weight excluding hydrogens is 300 g/mol. The Hall–Kier alpha value is -2.24. The normalized spacial score (nSPS) is 17.8. The van der Waals surface area contributed by atoms with E-state index in [4.69, 9.17) is 0 Å². The average molecular weight is 324 g/mol. The minimum atomic E-state index is 0.0228. The second-order valence-corrected chi connectivity index (χ2v) is 6.20. The molecular formula is C19H24N4O. The van der Waals surface area contributed by atoms with E-state index in [-0.39, 0.29) is 5.91 Å². The van der Waals surface area contributed by atoms with Crippen LogP contribution in [0.3, 0.4) is 0 Å². The molecule has 24 heavy (non-hydrogen) atoms. The zero-order chi connectivity index (χ0) is 16.6. The highest BCUT2D eigenvalue weighted by Crippen LogP contribution is 2.13. The molecule has 1 aromatic carbocycles. The van der Waals surface area contributed by atoms with Crippen molar-refractivity contribution in [2.45, 2.75) is 25.4 Å². The second-order valence-electron chi connectivity index (χ2n) is 6.20. The van der Waals surface area contributed by atoms with Gasteiger partial charge < -0.3 is 10.6 Å². The van der Waals surface area contributed by atoms with Gasteiger partial charge in [-0.2, -0.15) is 0 Å². The SMILES string of the molecule is O=C(CCNC1CCN(Cc2ccccc2)C1)Nc1cccnc1. The standard InChI is InChI=1S/C19H24N4O/c24-19(22-17-7-4-10-20-13-17)8-11-21-18-9-12-23(15-18)14-16-5-2-1-3-6-16/h1-7,10,13,18,21H,8-9,11-12,14-15H2,(H,22,24). The van der Waals surface area contributed by atoms with E-state index >= 15 is 0 Å². The third-order valence-corrected chi connectivity index (χ3v) is 4.25. The van der Waals surface area contributed by atoms with Gasteiger partial charge in [0.2, 0.25) is 5.91 Å². The molecule has 5 heteroatoms. The van der Waals surface area contributed by atoms with Crippen LogP contribution in [0.25, 0.3) is 0 Å². The molecule has 5 nitrogen and oxygen atoms in total. The fraction of sp³-hybridized carbons (Fsp3) is 0.368. The van der Waals surface area contributed by atoms with Gasteiger partial charge in [0.1, 0.15) is 0 Å². The molecule has 2 N–H and O–H groups in total. The number of nitrogens with one attached hydrogen (secondary N) is 2. The summed E-state index contributed by atoms with van der Waals surface area (Å²) >= 11 is 0. The Morgan fingerprint density at radius 3 is 2.88 bits per heavy atom. The first-order valence-electron chi connectivity index (χ1n) is 8.49. The van der Waals surface area contributed by atoms with E-state index in [9.17, 15) is 4.79 Å². The first-order chi connectivity index (χ1) is 11.8. The predicted octanol–water partition coefficient (Wildman–Crippen LogP) is 2.27. The van der Waals surface area contributed by atoms with Gasteiger partial charge in [0.05, 0.1) is 11.9 Å². The molecule has 1 aliphatic rings. The van der Waals surface area contributed by atoms with Gasteiger partial charge in [-0.3, -0.25) is 14.7 Å². The Morgan fingerprint density at radius 1 is 1.21 bits per heavy atom. The first kappa shape index (κ1) is 16.6. The number of amides is 1. The number of aromatic nitrogens is 1.